The van der Waals surface area contributed by atoms with E-state index in [1.807, 2.05) is 6.07 Å². The van der Waals surface area contributed by atoms with Crippen molar-refractivity contribution in [2.45, 2.75) is 19.8 Å². The van der Waals surface area contributed by atoms with Crippen molar-refractivity contribution in [3.8, 4) is 0 Å². The van der Waals surface area contributed by atoms with Gasteiger partial charge in [0.05, 0.1) is 0 Å². The fourth-order valence-electron chi connectivity index (χ4n) is 0.551. The van der Waals surface area contributed by atoms with Crippen molar-refractivity contribution < 1.29 is 32.7 Å². The zero-order chi connectivity index (χ0) is 5.98. The summed E-state index contributed by atoms with van der Waals surface area (Å²) in [6.45, 7) is 4.20. The van der Waals surface area contributed by atoms with Gasteiger partial charge in [-0.2, -0.15) is 0 Å². The monoisotopic (exact) mass is 198 g/mol. The summed E-state index contributed by atoms with van der Waals surface area (Å²) < 4.78 is 0. The SMILES string of the molecule is CC(C)c1ccn[n-]1.[Y]. The molecule has 0 spiro atoms. The number of nitrogens with zero attached hydrogens (tertiary/aromatic N) is 2. The molecule has 1 aromatic rings. The maximum absolute atomic E-state index is 3.87. The van der Waals surface area contributed by atoms with E-state index in [2.05, 4.69) is 24.0 Å². The first-order valence-electron chi connectivity index (χ1n) is 2.75. The molecule has 1 rings (SSSR count). The van der Waals surface area contributed by atoms with Gasteiger partial charge in [0.15, 0.2) is 0 Å². The quantitative estimate of drug-likeness (QED) is 0.676. The summed E-state index contributed by atoms with van der Waals surface area (Å²) in [6, 6.07) is 1.94. The van der Waals surface area contributed by atoms with Gasteiger partial charge in [0.1, 0.15) is 0 Å². The molecule has 0 aromatic carbocycles. The Labute approximate surface area is 80.3 Å². The Kier molecular flexibility index (Phi) is 4.33. The molecule has 0 aliphatic carbocycles. The van der Waals surface area contributed by atoms with Crippen LogP contribution < -0.4 is 5.10 Å². The van der Waals surface area contributed by atoms with Crippen molar-refractivity contribution in [1.82, 2.24) is 10.2 Å². The molecular formula is C6H9N2Y-. The number of hydrogen-bond donors (Lipinski definition) is 0. The summed E-state index contributed by atoms with van der Waals surface area (Å²) in [5, 5.41) is 7.56. The molecule has 0 saturated heterocycles. The van der Waals surface area contributed by atoms with Crippen LogP contribution in [-0.2, 0) is 32.7 Å². The summed E-state index contributed by atoms with van der Waals surface area (Å²) in [7, 11) is 0. The smallest absolute Gasteiger partial charge is 0.00223 e. The van der Waals surface area contributed by atoms with E-state index in [0.29, 0.717) is 5.92 Å². The molecule has 3 heteroatoms. The molecule has 0 aliphatic heterocycles. The van der Waals surface area contributed by atoms with Crippen LogP contribution >= 0.6 is 0 Å². The van der Waals surface area contributed by atoms with Gasteiger partial charge in [-0.05, 0) is 5.92 Å². The molecule has 0 atom stereocenters. The summed E-state index contributed by atoms with van der Waals surface area (Å²) >= 11 is 0. The Morgan fingerprint density at radius 2 is 2.22 bits per heavy atom. The van der Waals surface area contributed by atoms with Crippen LogP contribution in [0.2, 0.25) is 0 Å². The van der Waals surface area contributed by atoms with Gasteiger partial charge in [-0.1, -0.05) is 19.9 Å². The van der Waals surface area contributed by atoms with E-state index in [-0.39, 0.29) is 32.7 Å². The zero-order valence-electron chi connectivity index (χ0n) is 5.70. The third-order valence-corrected chi connectivity index (χ3v) is 1.08. The minimum absolute atomic E-state index is 0. The van der Waals surface area contributed by atoms with Crippen LogP contribution in [0, 0.1) is 0 Å². The second kappa shape index (κ2) is 4.18. The third kappa shape index (κ3) is 2.59. The zero-order valence-corrected chi connectivity index (χ0v) is 8.54. The summed E-state index contributed by atoms with van der Waals surface area (Å²) in [5.74, 6) is 0.512. The van der Waals surface area contributed by atoms with Crippen molar-refractivity contribution in [3.05, 3.63) is 18.0 Å². The topological polar surface area (TPSA) is 27.0 Å². The van der Waals surface area contributed by atoms with Gasteiger partial charge in [-0.3, -0.25) is 0 Å². The van der Waals surface area contributed by atoms with E-state index in [1.54, 1.807) is 6.20 Å². The normalized spacial score (nSPS) is 9.22. The minimum Gasteiger partial charge on any atom is -0.579 e. The summed E-state index contributed by atoms with van der Waals surface area (Å²) in [4.78, 5) is 0. The van der Waals surface area contributed by atoms with Crippen molar-refractivity contribution in [2.75, 3.05) is 0 Å². The Hall–Kier alpha value is 0.314. The minimum atomic E-state index is 0. The molecule has 1 radical (unpaired) electrons. The largest absolute Gasteiger partial charge is 0.579 e. The van der Waals surface area contributed by atoms with Crippen molar-refractivity contribution in [3.63, 3.8) is 0 Å². The molecule has 0 N–H and O–H groups in total. The number of rotatable bonds is 1. The van der Waals surface area contributed by atoms with E-state index in [4.69, 9.17) is 0 Å². The first-order chi connectivity index (χ1) is 3.80. The van der Waals surface area contributed by atoms with E-state index in [9.17, 15) is 0 Å². The molecular weight excluding hydrogens is 189 g/mol. The standard InChI is InChI=1S/C6H9N2.Y/c1-5(2)6-3-4-7-8-6;/h3-5H,1-2H3;/q-1;. The Balaban J connectivity index is 0.000000640. The van der Waals surface area contributed by atoms with Crippen molar-refractivity contribution >= 4 is 0 Å². The van der Waals surface area contributed by atoms with Gasteiger partial charge in [0, 0.05) is 38.9 Å². The van der Waals surface area contributed by atoms with E-state index >= 15 is 0 Å². The van der Waals surface area contributed by atoms with Crippen LogP contribution in [0.4, 0.5) is 0 Å². The maximum Gasteiger partial charge on any atom is 0.00223 e. The third-order valence-electron chi connectivity index (χ3n) is 1.08. The van der Waals surface area contributed by atoms with Crippen molar-refractivity contribution in [2.24, 2.45) is 0 Å². The van der Waals surface area contributed by atoms with Gasteiger partial charge in [-0.25, -0.2) is 0 Å². The number of hydrogen-bond acceptors (Lipinski definition) is 1. The summed E-state index contributed by atoms with van der Waals surface area (Å²) in [6.07, 6.45) is 1.72. The molecule has 9 heavy (non-hydrogen) atoms. The van der Waals surface area contributed by atoms with Crippen LogP contribution in [0.15, 0.2) is 12.3 Å². The summed E-state index contributed by atoms with van der Waals surface area (Å²) in [5.41, 5.74) is 1.07. The molecule has 0 saturated carbocycles. The fourth-order valence-corrected chi connectivity index (χ4v) is 0.551. The maximum atomic E-state index is 3.87. The van der Waals surface area contributed by atoms with Crippen LogP contribution in [0.1, 0.15) is 25.5 Å². The molecule has 0 amide bonds. The molecule has 1 heterocycles. The Morgan fingerprint density at radius 1 is 1.56 bits per heavy atom. The van der Waals surface area contributed by atoms with Crippen LogP contribution in [0.3, 0.4) is 0 Å². The Morgan fingerprint density at radius 3 is 2.44 bits per heavy atom. The van der Waals surface area contributed by atoms with E-state index < -0.39 is 0 Å². The van der Waals surface area contributed by atoms with Gasteiger partial charge >= 0.3 is 0 Å². The predicted octanol–water partition coefficient (Wildman–Crippen LogP) is 1.16. The van der Waals surface area contributed by atoms with Crippen molar-refractivity contribution in [1.29, 1.82) is 0 Å². The van der Waals surface area contributed by atoms with Crippen LogP contribution in [0.25, 0.3) is 0 Å². The molecule has 0 aliphatic rings. The van der Waals surface area contributed by atoms with Gasteiger partial charge in [0.2, 0.25) is 0 Å². The molecule has 0 fully saturated rings. The van der Waals surface area contributed by atoms with E-state index in [0.717, 1.165) is 5.69 Å². The molecule has 0 bridgehead atoms. The van der Waals surface area contributed by atoms with Crippen LogP contribution in [-0.4, -0.2) is 5.10 Å². The Bertz CT molecular complexity index is 146. The second-order valence-corrected chi connectivity index (χ2v) is 2.11. The molecule has 2 nitrogen and oxygen atoms in total. The van der Waals surface area contributed by atoms with Gasteiger partial charge < -0.3 is 10.2 Å². The molecule has 47 valence electrons. The fraction of sp³-hybridized carbons (Fsp3) is 0.500. The first-order valence-corrected chi connectivity index (χ1v) is 2.75. The average Bonchev–Trinajstić information content (AvgIpc) is 2.12. The first kappa shape index (κ1) is 9.31. The molecule has 0 unspecified atom stereocenters. The second-order valence-electron chi connectivity index (χ2n) is 2.11. The van der Waals surface area contributed by atoms with E-state index in [1.165, 1.54) is 0 Å². The van der Waals surface area contributed by atoms with Gasteiger partial charge in [-0.15, -0.1) is 5.69 Å². The predicted molar refractivity (Wildman–Crippen MR) is 31.6 cm³/mol. The van der Waals surface area contributed by atoms with Gasteiger partial charge in [0.25, 0.3) is 0 Å². The number of aromatic nitrogens is 2. The average molecular weight is 198 g/mol. The van der Waals surface area contributed by atoms with Crippen LogP contribution in [0.5, 0.6) is 0 Å². The molecule has 1 aromatic heterocycles.